The molecule has 0 aliphatic rings. The van der Waals surface area contributed by atoms with E-state index in [0.29, 0.717) is 0 Å². The van der Waals surface area contributed by atoms with Crippen LogP contribution in [-0.2, 0) is 22.8 Å². The van der Waals surface area contributed by atoms with Gasteiger partial charge in [0.25, 0.3) is 5.56 Å². The molecule has 0 aromatic carbocycles. The first-order valence-corrected chi connectivity index (χ1v) is 9.65. The number of hydrogen-bond acceptors (Lipinski definition) is 4. The zero-order chi connectivity index (χ0) is 18.6. The lowest BCUT2D eigenvalue weighted by Gasteiger charge is -2.10. The summed E-state index contributed by atoms with van der Waals surface area (Å²) in [4.78, 5) is 12.1. The zero-order valence-electron chi connectivity index (χ0n) is 14.5. The number of rotatable bonds is 6. The van der Waals surface area contributed by atoms with Crippen LogP contribution in [0.5, 0.6) is 0 Å². The van der Waals surface area contributed by atoms with Crippen molar-refractivity contribution < 1.29 is 8.42 Å². The van der Waals surface area contributed by atoms with E-state index in [2.05, 4.69) is 11.7 Å². The van der Waals surface area contributed by atoms with Gasteiger partial charge in [-0.1, -0.05) is 30.9 Å². The topological polar surface area (TPSA) is 74.0 Å². The third-order valence-corrected chi connectivity index (χ3v) is 4.29. The molecule has 2 rings (SSSR count). The van der Waals surface area contributed by atoms with Gasteiger partial charge in [0, 0.05) is 42.9 Å². The van der Waals surface area contributed by atoms with Gasteiger partial charge in [-0.25, -0.2) is 8.42 Å². The SMILES string of the molecule is C=C/C=C\C=C(/C)c1cc(=O)n(C)cc1-c1cnn(CS(C)(=O)=O)c1. The van der Waals surface area contributed by atoms with Gasteiger partial charge in [0.05, 0.1) is 6.20 Å². The van der Waals surface area contributed by atoms with Gasteiger partial charge in [0.2, 0.25) is 0 Å². The summed E-state index contributed by atoms with van der Waals surface area (Å²) in [5.74, 6) is -0.189. The fourth-order valence-corrected chi connectivity index (χ4v) is 2.99. The van der Waals surface area contributed by atoms with Crippen molar-refractivity contribution >= 4 is 15.4 Å². The second-order valence-corrected chi connectivity index (χ2v) is 7.95. The number of pyridine rings is 1. The molecule has 0 saturated carbocycles. The number of sulfone groups is 1. The highest BCUT2D eigenvalue weighted by Crippen LogP contribution is 2.27. The van der Waals surface area contributed by atoms with E-state index in [9.17, 15) is 13.2 Å². The van der Waals surface area contributed by atoms with Crippen molar-refractivity contribution in [1.29, 1.82) is 0 Å². The van der Waals surface area contributed by atoms with Crippen LogP contribution in [0.2, 0.25) is 0 Å². The summed E-state index contributed by atoms with van der Waals surface area (Å²) in [6, 6.07) is 1.57. The first-order valence-electron chi connectivity index (χ1n) is 7.59. The fraction of sp³-hybridized carbons (Fsp3) is 0.222. The molecule has 2 aromatic rings. The lowest BCUT2D eigenvalue weighted by Crippen LogP contribution is -2.16. The summed E-state index contributed by atoms with van der Waals surface area (Å²) in [6.45, 7) is 5.53. The predicted molar refractivity (Wildman–Crippen MR) is 101 cm³/mol. The second kappa shape index (κ2) is 7.48. The Balaban J connectivity index is 2.55. The van der Waals surface area contributed by atoms with Crippen molar-refractivity contribution in [3.8, 4) is 11.1 Å². The Hall–Kier alpha value is -2.67. The molecule has 0 aliphatic carbocycles. The minimum absolute atomic E-state index is 0.122. The van der Waals surface area contributed by atoms with Crippen LogP contribution in [0.4, 0.5) is 0 Å². The average molecular weight is 359 g/mol. The number of aromatic nitrogens is 3. The van der Waals surface area contributed by atoms with E-state index in [0.717, 1.165) is 28.5 Å². The quantitative estimate of drug-likeness (QED) is 0.742. The van der Waals surface area contributed by atoms with Crippen molar-refractivity contribution in [3.63, 3.8) is 0 Å². The largest absolute Gasteiger partial charge is 0.318 e. The summed E-state index contributed by atoms with van der Waals surface area (Å²) in [5, 5.41) is 4.11. The van der Waals surface area contributed by atoms with E-state index < -0.39 is 9.84 Å². The molecule has 0 N–H and O–H groups in total. The lowest BCUT2D eigenvalue weighted by atomic mass is 9.99. The monoisotopic (exact) mass is 359 g/mol. The zero-order valence-corrected chi connectivity index (χ0v) is 15.3. The molecule has 0 radical (unpaired) electrons. The van der Waals surface area contributed by atoms with E-state index in [1.165, 1.54) is 9.25 Å². The molecule has 0 aliphatic heterocycles. The van der Waals surface area contributed by atoms with Crippen LogP contribution in [-0.4, -0.2) is 29.0 Å². The van der Waals surface area contributed by atoms with Crippen molar-refractivity contribution in [2.45, 2.75) is 12.8 Å². The molecule has 0 saturated heterocycles. The summed E-state index contributed by atoms with van der Waals surface area (Å²) in [5.41, 5.74) is 3.11. The molecule has 0 unspecified atom stereocenters. The normalized spacial score (nSPS) is 12.7. The summed E-state index contributed by atoms with van der Waals surface area (Å²) in [6.07, 6.45) is 13.4. The molecule has 6 nitrogen and oxygen atoms in total. The van der Waals surface area contributed by atoms with Gasteiger partial charge in [-0.2, -0.15) is 5.10 Å². The molecule has 2 heterocycles. The molecule has 0 amide bonds. The third-order valence-electron chi connectivity index (χ3n) is 3.56. The molecular formula is C18H21N3O3S. The Kier molecular flexibility index (Phi) is 5.58. The van der Waals surface area contributed by atoms with Crippen molar-refractivity contribution in [1.82, 2.24) is 14.3 Å². The van der Waals surface area contributed by atoms with Crippen LogP contribution in [0.3, 0.4) is 0 Å². The van der Waals surface area contributed by atoms with Gasteiger partial charge in [-0.3, -0.25) is 9.48 Å². The number of allylic oxidation sites excluding steroid dienone is 5. The van der Waals surface area contributed by atoms with Crippen molar-refractivity contribution in [2.75, 3.05) is 6.26 Å². The van der Waals surface area contributed by atoms with Crippen molar-refractivity contribution in [2.24, 2.45) is 7.05 Å². The number of aryl methyl sites for hydroxylation is 1. The molecule has 0 atom stereocenters. The van der Waals surface area contributed by atoms with Gasteiger partial charge in [0.1, 0.15) is 5.88 Å². The molecular weight excluding hydrogens is 338 g/mol. The molecule has 2 aromatic heterocycles. The van der Waals surface area contributed by atoms with Crippen LogP contribution < -0.4 is 5.56 Å². The minimum Gasteiger partial charge on any atom is -0.318 e. The van der Waals surface area contributed by atoms with Crippen LogP contribution in [0.1, 0.15) is 12.5 Å². The first kappa shape index (κ1) is 18.7. The number of nitrogens with zero attached hydrogens (tertiary/aromatic N) is 3. The average Bonchev–Trinajstić information content (AvgIpc) is 2.96. The maximum Gasteiger partial charge on any atom is 0.250 e. The molecule has 0 bridgehead atoms. The third kappa shape index (κ3) is 4.90. The smallest absolute Gasteiger partial charge is 0.250 e. The van der Waals surface area contributed by atoms with E-state index >= 15 is 0 Å². The second-order valence-electron chi connectivity index (χ2n) is 5.84. The minimum atomic E-state index is -3.19. The van der Waals surface area contributed by atoms with E-state index in [1.807, 2.05) is 19.1 Å². The van der Waals surface area contributed by atoms with Gasteiger partial charge in [-0.15, -0.1) is 0 Å². The summed E-state index contributed by atoms with van der Waals surface area (Å²) < 4.78 is 25.7. The predicted octanol–water partition coefficient (Wildman–Crippen LogP) is 2.40. The summed E-state index contributed by atoms with van der Waals surface area (Å²) >= 11 is 0. The lowest BCUT2D eigenvalue weighted by molar-refractivity contribution is 0.581. The van der Waals surface area contributed by atoms with Gasteiger partial charge in [-0.05, 0) is 18.1 Å². The van der Waals surface area contributed by atoms with Crippen LogP contribution >= 0.6 is 0 Å². The maximum atomic E-state index is 12.1. The molecule has 25 heavy (non-hydrogen) atoms. The molecule has 132 valence electrons. The fourth-order valence-electron chi connectivity index (χ4n) is 2.37. The Labute approximate surface area is 147 Å². The Morgan fingerprint density at radius 2 is 2.04 bits per heavy atom. The van der Waals surface area contributed by atoms with Crippen LogP contribution in [0, 0.1) is 0 Å². The van der Waals surface area contributed by atoms with E-state index in [1.54, 1.807) is 43.9 Å². The van der Waals surface area contributed by atoms with Gasteiger partial charge < -0.3 is 4.57 Å². The number of hydrogen-bond donors (Lipinski definition) is 0. The van der Waals surface area contributed by atoms with Crippen LogP contribution in [0.15, 0.2) is 60.3 Å². The highest BCUT2D eigenvalue weighted by Gasteiger charge is 2.13. The first-order chi connectivity index (χ1) is 11.7. The molecule has 0 fully saturated rings. The Morgan fingerprint density at radius 3 is 2.68 bits per heavy atom. The maximum absolute atomic E-state index is 12.1. The highest BCUT2D eigenvalue weighted by atomic mass is 32.2. The van der Waals surface area contributed by atoms with Gasteiger partial charge in [0.15, 0.2) is 9.84 Å². The van der Waals surface area contributed by atoms with E-state index in [-0.39, 0.29) is 11.4 Å². The molecule has 0 spiro atoms. The Morgan fingerprint density at radius 1 is 1.32 bits per heavy atom. The highest BCUT2D eigenvalue weighted by molar-refractivity contribution is 7.89. The van der Waals surface area contributed by atoms with E-state index in [4.69, 9.17) is 0 Å². The van der Waals surface area contributed by atoms with Crippen molar-refractivity contribution in [3.05, 3.63) is 71.5 Å². The van der Waals surface area contributed by atoms with Gasteiger partial charge >= 0.3 is 0 Å². The Bertz CT molecular complexity index is 1010. The van der Waals surface area contributed by atoms with Crippen LogP contribution in [0.25, 0.3) is 16.7 Å². The summed E-state index contributed by atoms with van der Waals surface area (Å²) in [7, 11) is -1.51. The molecule has 7 heteroatoms. The standard InChI is InChI=1S/C18H21N3O3S/c1-5-6-7-8-14(2)16-9-18(22)20(3)12-17(16)15-10-19-21(11-15)13-25(4,23)24/h5-12H,1,13H2,2-4H3/b7-6-,14-8+.